The van der Waals surface area contributed by atoms with Gasteiger partial charge < -0.3 is 14.4 Å². The zero-order valence-electron chi connectivity index (χ0n) is 15.1. The first-order valence-electron chi connectivity index (χ1n) is 8.92. The van der Waals surface area contributed by atoms with Gasteiger partial charge in [0.15, 0.2) is 0 Å². The van der Waals surface area contributed by atoms with Crippen molar-refractivity contribution >= 4 is 23.6 Å². The van der Waals surface area contributed by atoms with Gasteiger partial charge in [-0.3, -0.25) is 4.98 Å². The Morgan fingerprint density at radius 2 is 1.93 bits per heavy atom. The lowest BCUT2D eigenvalue weighted by Gasteiger charge is -2.39. The summed E-state index contributed by atoms with van der Waals surface area (Å²) in [5, 5.41) is 0.733. The molecule has 28 heavy (non-hydrogen) atoms. The molecule has 0 unspecified atom stereocenters. The van der Waals surface area contributed by atoms with E-state index in [1.54, 1.807) is 12.4 Å². The average Bonchev–Trinajstić information content (AvgIpc) is 3.01. The normalized spacial score (nSPS) is 17.4. The number of carbonyl (C=O) groups excluding carboxylic acids is 1. The fourth-order valence-corrected chi connectivity index (χ4v) is 3.87. The SMILES string of the molecule is Clc1cnccc1N1CCC2(CC1)COc1ccccc12.O=CCC(F)(F)F. The topological polar surface area (TPSA) is 42.4 Å². The number of hydrogen-bond acceptors (Lipinski definition) is 4. The quantitative estimate of drug-likeness (QED) is 0.664. The molecule has 1 aromatic heterocycles. The number of pyridine rings is 1. The number of ether oxygens (including phenoxy) is 1. The van der Waals surface area contributed by atoms with Crippen molar-refractivity contribution in [3.8, 4) is 5.75 Å². The van der Waals surface area contributed by atoms with Crippen LogP contribution < -0.4 is 9.64 Å². The lowest BCUT2D eigenvalue weighted by atomic mass is 9.74. The highest BCUT2D eigenvalue weighted by Gasteiger charge is 2.43. The molecule has 0 radical (unpaired) electrons. The highest BCUT2D eigenvalue weighted by molar-refractivity contribution is 6.33. The van der Waals surface area contributed by atoms with Crippen molar-refractivity contribution in [2.45, 2.75) is 30.9 Å². The molecular formula is C20H20ClF3N2O2. The second kappa shape index (κ2) is 8.39. The lowest BCUT2D eigenvalue weighted by molar-refractivity contribution is -0.144. The molecule has 1 fully saturated rings. The van der Waals surface area contributed by atoms with E-state index in [1.807, 2.05) is 12.1 Å². The van der Waals surface area contributed by atoms with E-state index in [9.17, 15) is 13.2 Å². The van der Waals surface area contributed by atoms with Gasteiger partial charge in [-0.25, -0.2) is 0 Å². The van der Waals surface area contributed by atoms with Crippen LogP contribution in [-0.4, -0.2) is 37.1 Å². The van der Waals surface area contributed by atoms with Crippen molar-refractivity contribution in [2.24, 2.45) is 0 Å². The minimum Gasteiger partial charge on any atom is -0.492 e. The van der Waals surface area contributed by atoms with Crippen LogP contribution in [0.5, 0.6) is 5.75 Å². The number of aldehydes is 1. The molecule has 4 nitrogen and oxygen atoms in total. The van der Waals surface area contributed by atoms with Gasteiger partial charge >= 0.3 is 6.18 Å². The van der Waals surface area contributed by atoms with Gasteiger partial charge in [-0.2, -0.15) is 13.2 Å². The molecule has 1 saturated heterocycles. The summed E-state index contributed by atoms with van der Waals surface area (Å²) in [4.78, 5) is 15.5. The molecule has 0 atom stereocenters. The van der Waals surface area contributed by atoms with Crippen molar-refractivity contribution in [1.82, 2.24) is 4.98 Å². The van der Waals surface area contributed by atoms with Gasteiger partial charge in [0.05, 0.1) is 23.7 Å². The molecular weight excluding hydrogens is 393 g/mol. The molecule has 0 bridgehead atoms. The van der Waals surface area contributed by atoms with Gasteiger partial charge in [0, 0.05) is 36.5 Å². The van der Waals surface area contributed by atoms with E-state index in [2.05, 4.69) is 28.1 Å². The lowest BCUT2D eigenvalue weighted by Crippen LogP contribution is -2.43. The van der Waals surface area contributed by atoms with Crippen molar-refractivity contribution in [3.63, 3.8) is 0 Å². The third-order valence-corrected chi connectivity index (χ3v) is 5.38. The first-order valence-corrected chi connectivity index (χ1v) is 9.30. The van der Waals surface area contributed by atoms with Crippen LogP contribution >= 0.6 is 11.6 Å². The maximum Gasteiger partial charge on any atom is 0.395 e. The van der Waals surface area contributed by atoms with Crippen LogP contribution in [0.25, 0.3) is 0 Å². The Balaban J connectivity index is 0.000000279. The number of carbonyl (C=O) groups is 1. The van der Waals surface area contributed by atoms with E-state index < -0.39 is 12.6 Å². The van der Waals surface area contributed by atoms with Crippen molar-refractivity contribution < 1.29 is 22.7 Å². The fraction of sp³-hybridized carbons (Fsp3) is 0.400. The van der Waals surface area contributed by atoms with E-state index in [-0.39, 0.29) is 11.7 Å². The van der Waals surface area contributed by atoms with Crippen molar-refractivity contribution in [3.05, 3.63) is 53.3 Å². The number of hydrogen-bond donors (Lipinski definition) is 0. The van der Waals surface area contributed by atoms with Gasteiger partial charge in [-0.15, -0.1) is 0 Å². The summed E-state index contributed by atoms with van der Waals surface area (Å²) >= 11 is 6.26. The van der Waals surface area contributed by atoms with Gasteiger partial charge in [0.25, 0.3) is 0 Å². The average molecular weight is 413 g/mol. The Morgan fingerprint density at radius 1 is 1.21 bits per heavy atom. The fourth-order valence-electron chi connectivity index (χ4n) is 3.63. The number of benzene rings is 1. The zero-order valence-corrected chi connectivity index (χ0v) is 15.8. The Hall–Kier alpha value is -2.28. The van der Waals surface area contributed by atoms with Gasteiger partial charge in [-0.05, 0) is 25.0 Å². The second-order valence-electron chi connectivity index (χ2n) is 6.87. The van der Waals surface area contributed by atoms with Gasteiger partial charge in [0.1, 0.15) is 12.0 Å². The van der Waals surface area contributed by atoms with E-state index in [0.29, 0.717) is 0 Å². The molecule has 0 amide bonds. The molecule has 0 saturated carbocycles. The van der Waals surface area contributed by atoms with Crippen molar-refractivity contribution in [1.29, 1.82) is 0 Å². The van der Waals surface area contributed by atoms with E-state index in [0.717, 1.165) is 49.0 Å². The Morgan fingerprint density at radius 3 is 2.54 bits per heavy atom. The number of piperidine rings is 1. The number of halogens is 4. The number of rotatable bonds is 2. The molecule has 0 N–H and O–H groups in total. The first-order chi connectivity index (χ1) is 13.3. The van der Waals surface area contributed by atoms with E-state index >= 15 is 0 Å². The number of nitrogens with zero attached hydrogens (tertiary/aromatic N) is 2. The smallest absolute Gasteiger partial charge is 0.395 e. The first kappa shape index (κ1) is 20.5. The summed E-state index contributed by atoms with van der Waals surface area (Å²) in [6, 6.07) is 10.5. The molecule has 8 heteroatoms. The van der Waals surface area contributed by atoms with Gasteiger partial charge in [-0.1, -0.05) is 29.8 Å². The minimum absolute atomic E-state index is 0.167. The summed E-state index contributed by atoms with van der Waals surface area (Å²) < 4.78 is 38.4. The van der Waals surface area contributed by atoms with E-state index in [1.165, 1.54) is 5.56 Å². The molecule has 1 spiro atoms. The highest BCUT2D eigenvalue weighted by atomic mass is 35.5. The zero-order chi connectivity index (χ0) is 20.2. The third-order valence-electron chi connectivity index (χ3n) is 5.09. The molecule has 0 aliphatic carbocycles. The second-order valence-corrected chi connectivity index (χ2v) is 7.27. The van der Waals surface area contributed by atoms with Crippen LogP contribution in [0.2, 0.25) is 5.02 Å². The summed E-state index contributed by atoms with van der Waals surface area (Å²) in [5.41, 5.74) is 2.66. The molecule has 1 aromatic carbocycles. The van der Waals surface area contributed by atoms with Crippen LogP contribution in [0.1, 0.15) is 24.8 Å². The van der Waals surface area contributed by atoms with Gasteiger partial charge in [0.2, 0.25) is 0 Å². The van der Waals surface area contributed by atoms with Crippen LogP contribution in [0.3, 0.4) is 0 Å². The number of para-hydroxylation sites is 1. The number of anilines is 1. The molecule has 2 aliphatic rings. The highest BCUT2D eigenvalue weighted by Crippen LogP contribution is 2.46. The van der Waals surface area contributed by atoms with Crippen molar-refractivity contribution in [2.75, 3.05) is 24.6 Å². The maximum atomic E-state index is 10.8. The largest absolute Gasteiger partial charge is 0.492 e. The van der Waals surface area contributed by atoms with Crippen LogP contribution in [0, 0.1) is 0 Å². The molecule has 4 rings (SSSR count). The Bertz CT molecular complexity index is 821. The summed E-state index contributed by atoms with van der Waals surface area (Å²) in [7, 11) is 0. The predicted molar refractivity (Wildman–Crippen MR) is 101 cm³/mol. The van der Waals surface area contributed by atoms with Crippen LogP contribution in [0.4, 0.5) is 18.9 Å². The molecule has 150 valence electrons. The number of alkyl halides is 3. The molecule has 3 heterocycles. The minimum atomic E-state index is -4.32. The number of aromatic nitrogens is 1. The molecule has 2 aliphatic heterocycles. The summed E-state index contributed by atoms with van der Waals surface area (Å²) in [6.45, 7) is 2.81. The Labute approximate surface area is 166 Å². The predicted octanol–water partition coefficient (Wildman–Crippen LogP) is 4.80. The monoisotopic (exact) mass is 412 g/mol. The Kier molecular flexibility index (Phi) is 6.13. The molecule has 2 aromatic rings. The van der Waals surface area contributed by atoms with Crippen LogP contribution in [-0.2, 0) is 10.2 Å². The standard InChI is InChI=1S/C17H17ClN2O.C3H3F3O/c18-14-11-19-8-5-15(14)20-9-6-17(7-10-20)12-21-16-4-2-1-3-13(16)17;4-3(5,6)1-2-7/h1-5,8,11H,6-7,9-10,12H2;2H,1H2. The maximum absolute atomic E-state index is 10.8. The summed E-state index contributed by atoms with van der Waals surface area (Å²) in [5.74, 6) is 1.06. The third kappa shape index (κ3) is 4.58. The number of fused-ring (bicyclic) bond motifs is 2. The summed E-state index contributed by atoms with van der Waals surface area (Å²) in [6.07, 6.45) is -0.102. The van der Waals surface area contributed by atoms with Crippen LogP contribution in [0.15, 0.2) is 42.7 Å². The van der Waals surface area contributed by atoms with E-state index in [4.69, 9.17) is 21.1 Å².